The third-order valence-electron chi connectivity index (χ3n) is 3.35. The van der Waals surface area contributed by atoms with E-state index in [2.05, 4.69) is 25.7 Å². The first-order valence-electron chi connectivity index (χ1n) is 7.58. The average molecular weight is 319 g/mol. The van der Waals surface area contributed by atoms with Crippen LogP contribution in [-0.2, 0) is 11.2 Å². The summed E-state index contributed by atoms with van der Waals surface area (Å²) in [5, 5.41) is 18.3. The third kappa shape index (κ3) is 3.92. The largest absolute Gasteiger partial charge is 0.308 e. The van der Waals surface area contributed by atoms with Crippen molar-refractivity contribution in [2.45, 2.75) is 13.3 Å². The predicted octanol–water partition coefficient (Wildman–Crippen LogP) is 4.37. The zero-order valence-corrected chi connectivity index (χ0v) is 13.2. The van der Waals surface area contributed by atoms with E-state index in [0.29, 0.717) is 17.9 Å². The van der Waals surface area contributed by atoms with E-state index in [-0.39, 0.29) is 5.91 Å². The Balaban J connectivity index is 1.92. The molecular weight excluding hydrogens is 302 g/mol. The topological polar surface area (TPSA) is 82.5 Å². The molecule has 0 radical (unpaired) electrons. The second kappa shape index (κ2) is 7.32. The number of azo groups is 1. The Hall–Kier alpha value is -3.28. The highest BCUT2D eigenvalue weighted by molar-refractivity contribution is 5.90. The summed E-state index contributed by atoms with van der Waals surface area (Å²) >= 11 is 0. The predicted molar refractivity (Wildman–Crippen MR) is 92.8 cm³/mol. The molecule has 0 aliphatic rings. The van der Waals surface area contributed by atoms with E-state index in [9.17, 15) is 4.79 Å². The lowest BCUT2D eigenvalue weighted by Crippen LogP contribution is -2.06. The zero-order valence-electron chi connectivity index (χ0n) is 13.2. The molecule has 0 saturated heterocycles. The molecule has 1 amide bonds. The van der Waals surface area contributed by atoms with Crippen LogP contribution in [0.15, 0.2) is 70.9 Å². The molecule has 6 nitrogen and oxygen atoms in total. The second-order valence-electron chi connectivity index (χ2n) is 5.28. The van der Waals surface area contributed by atoms with Gasteiger partial charge in [0.25, 0.3) is 0 Å². The summed E-state index contributed by atoms with van der Waals surface area (Å²) in [4.78, 5) is 11.4. The summed E-state index contributed by atoms with van der Waals surface area (Å²) in [6.07, 6.45) is 0.622. The quantitative estimate of drug-likeness (QED) is 0.684. The number of carbonyl (C=O) groups is 1. The van der Waals surface area contributed by atoms with Gasteiger partial charge in [-0.3, -0.25) is 9.89 Å². The van der Waals surface area contributed by atoms with E-state index in [1.807, 2.05) is 60.7 Å². The molecule has 0 aliphatic heterocycles. The van der Waals surface area contributed by atoms with Crippen LogP contribution in [0, 0.1) is 0 Å². The summed E-state index contributed by atoms with van der Waals surface area (Å²) in [5.41, 5.74) is 3.19. The maximum atomic E-state index is 11.4. The SMILES string of the molecule is CC(=O)Nc1n[nH]c(Cc2ccccc2)c1N=Nc1ccccc1. The van der Waals surface area contributed by atoms with Crippen LogP contribution in [-0.4, -0.2) is 16.1 Å². The number of aromatic nitrogens is 2. The lowest BCUT2D eigenvalue weighted by Gasteiger charge is -2.01. The fraction of sp³-hybridized carbons (Fsp3) is 0.111. The van der Waals surface area contributed by atoms with Crippen LogP contribution in [0.25, 0.3) is 0 Å². The molecule has 6 heteroatoms. The minimum atomic E-state index is -0.205. The van der Waals surface area contributed by atoms with Crippen LogP contribution in [0.5, 0.6) is 0 Å². The van der Waals surface area contributed by atoms with Crippen molar-refractivity contribution in [1.82, 2.24) is 10.2 Å². The molecule has 1 heterocycles. The normalized spacial score (nSPS) is 10.9. The standard InChI is InChI=1S/C18H17N5O/c1-13(24)19-18-17(22-20-15-10-6-3-7-11-15)16(21-23-18)12-14-8-4-2-5-9-14/h2-11H,12H2,1H3,(H2,19,21,23,24). The average Bonchev–Trinajstić information content (AvgIpc) is 2.96. The molecule has 0 spiro atoms. The summed E-state index contributed by atoms with van der Waals surface area (Å²) < 4.78 is 0. The molecule has 0 atom stereocenters. The van der Waals surface area contributed by atoms with E-state index in [0.717, 1.165) is 16.9 Å². The Labute approximate surface area is 139 Å². The third-order valence-corrected chi connectivity index (χ3v) is 3.35. The van der Waals surface area contributed by atoms with Crippen molar-refractivity contribution in [1.29, 1.82) is 0 Å². The Morgan fingerprint density at radius 2 is 1.71 bits per heavy atom. The van der Waals surface area contributed by atoms with E-state index >= 15 is 0 Å². The Morgan fingerprint density at radius 3 is 2.38 bits per heavy atom. The van der Waals surface area contributed by atoms with Crippen molar-refractivity contribution < 1.29 is 4.79 Å². The monoisotopic (exact) mass is 319 g/mol. The van der Waals surface area contributed by atoms with Gasteiger partial charge in [-0.2, -0.15) is 10.2 Å². The molecule has 2 aromatic carbocycles. The van der Waals surface area contributed by atoms with Crippen molar-refractivity contribution in [2.24, 2.45) is 10.2 Å². The van der Waals surface area contributed by atoms with Gasteiger partial charge in [-0.05, 0) is 17.7 Å². The highest BCUT2D eigenvalue weighted by atomic mass is 16.1. The first-order chi connectivity index (χ1) is 11.7. The van der Waals surface area contributed by atoms with Gasteiger partial charge in [-0.25, -0.2) is 0 Å². The summed E-state index contributed by atoms with van der Waals surface area (Å²) in [6, 6.07) is 19.4. The molecule has 2 N–H and O–H groups in total. The highest BCUT2D eigenvalue weighted by Crippen LogP contribution is 2.30. The van der Waals surface area contributed by atoms with Crippen molar-refractivity contribution in [2.75, 3.05) is 5.32 Å². The van der Waals surface area contributed by atoms with E-state index in [1.54, 1.807) is 0 Å². The molecule has 0 bridgehead atoms. The molecule has 0 fully saturated rings. The molecular formula is C18H17N5O. The van der Waals surface area contributed by atoms with E-state index in [1.165, 1.54) is 6.92 Å². The van der Waals surface area contributed by atoms with Gasteiger partial charge in [-0.1, -0.05) is 48.5 Å². The Kier molecular flexibility index (Phi) is 4.76. The second-order valence-corrected chi connectivity index (χ2v) is 5.28. The van der Waals surface area contributed by atoms with Crippen molar-refractivity contribution in [3.8, 4) is 0 Å². The van der Waals surface area contributed by atoms with E-state index in [4.69, 9.17) is 0 Å². The van der Waals surface area contributed by atoms with Gasteiger partial charge in [0.05, 0.1) is 11.4 Å². The van der Waals surface area contributed by atoms with Gasteiger partial charge >= 0.3 is 0 Å². The van der Waals surface area contributed by atoms with Gasteiger partial charge in [0, 0.05) is 13.3 Å². The van der Waals surface area contributed by atoms with Crippen LogP contribution in [0.4, 0.5) is 17.2 Å². The van der Waals surface area contributed by atoms with Gasteiger partial charge in [0.2, 0.25) is 5.91 Å². The number of aromatic amines is 1. The maximum absolute atomic E-state index is 11.4. The van der Waals surface area contributed by atoms with Crippen LogP contribution in [0.1, 0.15) is 18.2 Å². The van der Waals surface area contributed by atoms with Gasteiger partial charge < -0.3 is 5.32 Å². The number of hydrogen-bond acceptors (Lipinski definition) is 4. The molecule has 0 unspecified atom stereocenters. The van der Waals surface area contributed by atoms with Gasteiger partial charge in [-0.15, -0.1) is 5.11 Å². The number of nitrogens with zero attached hydrogens (tertiary/aromatic N) is 3. The first-order valence-corrected chi connectivity index (χ1v) is 7.58. The molecule has 3 rings (SSSR count). The number of nitrogens with one attached hydrogen (secondary N) is 2. The zero-order chi connectivity index (χ0) is 16.8. The van der Waals surface area contributed by atoms with Crippen LogP contribution in [0.3, 0.4) is 0 Å². The highest BCUT2D eigenvalue weighted by Gasteiger charge is 2.14. The molecule has 1 aromatic heterocycles. The number of carbonyl (C=O) groups excluding carboxylic acids is 1. The Bertz CT molecular complexity index is 840. The first kappa shape index (κ1) is 15.6. The summed E-state index contributed by atoms with van der Waals surface area (Å²) in [6.45, 7) is 1.43. The fourth-order valence-corrected chi connectivity index (χ4v) is 2.26. The summed E-state index contributed by atoms with van der Waals surface area (Å²) in [5.74, 6) is 0.178. The Morgan fingerprint density at radius 1 is 1.04 bits per heavy atom. The lowest BCUT2D eigenvalue weighted by molar-refractivity contribution is -0.114. The minimum absolute atomic E-state index is 0.205. The molecule has 0 saturated carbocycles. The number of H-pyrrole nitrogens is 1. The number of benzene rings is 2. The summed E-state index contributed by atoms with van der Waals surface area (Å²) in [7, 11) is 0. The van der Waals surface area contributed by atoms with Gasteiger partial charge in [0.15, 0.2) is 11.5 Å². The van der Waals surface area contributed by atoms with Crippen molar-refractivity contribution in [3.05, 3.63) is 71.9 Å². The number of rotatable bonds is 5. The fourth-order valence-electron chi connectivity index (χ4n) is 2.26. The lowest BCUT2D eigenvalue weighted by atomic mass is 10.1. The van der Waals surface area contributed by atoms with Crippen LogP contribution in [0.2, 0.25) is 0 Å². The molecule has 120 valence electrons. The maximum Gasteiger partial charge on any atom is 0.222 e. The number of hydrogen-bond donors (Lipinski definition) is 2. The molecule has 0 aliphatic carbocycles. The van der Waals surface area contributed by atoms with Crippen molar-refractivity contribution >= 4 is 23.1 Å². The van der Waals surface area contributed by atoms with Crippen LogP contribution < -0.4 is 5.32 Å². The molecule has 24 heavy (non-hydrogen) atoms. The van der Waals surface area contributed by atoms with Crippen LogP contribution >= 0.6 is 0 Å². The molecule has 3 aromatic rings. The number of amides is 1. The van der Waals surface area contributed by atoms with Gasteiger partial charge in [0.1, 0.15) is 0 Å². The van der Waals surface area contributed by atoms with Crippen molar-refractivity contribution in [3.63, 3.8) is 0 Å². The smallest absolute Gasteiger partial charge is 0.222 e. The number of anilines is 1. The van der Waals surface area contributed by atoms with E-state index < -0.39 is 0 Å². The minimum Gasteiger partial charge on any atom is -0.308 e.